The van der Waals surface area contributed by atoms with E-state index in [1.807, 2.05) is 25.1 Å². The number of rotatable bonds is 11. The third-order valence-corrected chi connectivity index (χ3v) is 7.07. The Labute approximate surface area is 241 Å². The summed E-state index contributed by atoms with van der Waals surface area (Å²) in [4.78, 5) is 50.6. The third-order valence-electron chi connectivity index (χ3n) is 7.07. The molecular weight excluding hydrogens is 512 g/mol. The number of allylic oxidation sites excluding steroid dienone is 7. The Morgan fingerprint density at radius 3 is 2.17 bits per heavy atom. The molecule has 2 aliphatic carbocycles. The maximum absolute atomic E-state index is 13.0. The first-order valence-electron chi connectivity index (χ1n) is 13.8. The number of carbonyl (C=O) groups excluding carboxylic acids is 4. The van der Waals surface area contributed by atoms with Crippen molar-refractivity contribution in [1.29, 1.82) is 0 Å². The van der Waals surface area contributed by atoms with Gasteiger partial charge < -0.3 is 10.6 Å². The average Bonchev–Trinajstić information content (AvgIpc) is 2.96. The summed E-state index contributed by atoms with van der Waals surface area (Å²) in [6.07, 6.45) is 9.95. The Kier molecular flexibility index (Phi) is 9.65. The molecule has 208 valence electrons. The fourth-order valence-electron chi connectivity index (χ4n) is 4.86. The van der Waals surface area contributed by atoms with Crippen LogP contribution in [0.15, 0.2) is 89.3 Å². The first-order chi connectivity index (χ1) is 19.8. The molecule has 0 amide bonds. The molecule has 41 heavy (non-hydrogen) atoms. The average molecular weight is 547 g/mol. The maximum atomic E-state index is 13.0. The van der Waals surface area contributed by atoms with E-state index >= 15 is 0 Å². The summed E-state index contributed by atoms with van der Waals surface area (Å²) in [5, 5.41) is 6.14. The monoisotopic (exact) mass is 546 g/mol. The zero-order valence-corrected chi connectivity index (χ0v) is 23.7. The molecule has 2 aromatic carbocycles. The van der Waals surface area contributed by atoms with Crippen LogP contribution in [0.2, 0.25) is 0 Å². The van der Waals surface area contributed by atoms with E-state index in [1.54, 1.807) is 37.3 Å². The molecular formula is C35H34N2O4. The van der Waals surface area contributed by atoms with E-state index in [-0.39, 0.29) is 23.1 Å². The zero-order valence-electron chi connectivity index (χ0n) is 23.7. The number of Topliss-reactive ketones (excluding diaryl/α,β-unsaturated/α-hetero) is 2. The van der Waals surface area contributed by atoms with Crippen molar-refractivity contribution in [2.75, 3.05) is 13.1 Å². The Bertz CT molecular complexity index is 1590. The van der Waals surface area contributed by atoms with Gasteiger partial charge in [-0.05, 0) is 51.7 Å². The van der Waals surface area contributed by atoms with Gasteiger partial charge in [0.05, 0.1) is 11.4 Å². The van der Waals surface area contributed by atoms with E-state index in [0.29, 0.717) is 59.6 Å². The highest BCUT2D eigenvalue weighted by Gasteiger charge is 2.26. The smallest absolute Gasteiger partial charge is 0.209 e. The van der Waals surface area contributed by atoms with Gasteiger partial charge in [0, 0.05) is 53.9 Å². The largest absolute Gasteiger partial charge is 0.381 e. The third kappa shape index (κ3) is 7.26. The summed E-state index contributed by atoms with van der Waals surface area (Å²) in [6, 6.07) is 12.3. The first kappa shape index (κ1) is 29.2. The second kappa shape index (κ2) is 13.5. The molecule has 6 heteroatoms. The van der Waals surface area contributed by atoms with E-state index in [9.17, 15) is 19.2 Å². The lowest BCUT2D eigenvalue weighted by atomic mass is 9.89. The Morgan fingerprint density at radius 2 is 1.44 bits per heavy atom. The fraction of sp³-hybridized carbons (Fsp3) is 0.257. The minimum Gasteiger partial charge on any atom is -0.381 e. The highest BCUT2D eigenvalue weighted by atomic mass is 16.1. The molecule has 0 fully saturated rings. The topological polar surface area (TPSA) is 92.3 Å². The van der Waals surface area contributed by atoms with Gasteiger partial charge in [0.25, 0.3) is 0 Å². The van der Waals surface area contributed by atoms with Crippen molar-refractivity contribution in [2.24, 2.45) is 0 Å². The van der Waals surface area contributed by atoms with E-state index < -0.39 is 0 Å². The molecule has 0 bridgehead atoms. The van der Waals surface area contributed by atoms with E-state index in [1.165, 1.54) is 23.3 Å². The summed E-state index contributed by atoms with van der Waals surface area (Å²) in [6.45, 7) is 6.84. The van der Waals surface area contributed by atoms with Crippen LogP contribution in [0.3, 0.4) is 0 Å². The van der Waals surface area contributed by atoms with Crippen LogP contribution in [0.25, 0.3) is 0 Å². The second-order valence-electron chi connectivity index (χ2n) is 10.2. The summed E-state index contributed by atoms with van der Waals surface area (Å²) in [7, 11) is 0. The van der Waals surface area contributed by atoms with Crippen LogP contribution in [0.5, 0.6) is 0 Å². The van der Waals surface area contributed by atoms with Crippen LogP contribution in [-0.4, -0.2) is 36.2 Å². The lowest BCUT2D eigenvalue weighted by molar-refractivity contribution is 0.0978. The van der Waals surface area contributed by atoms with Crippen LogP contribution >= 0.6 is 0 Å². The van der Waals surface area contributed by atoms with Crippen LogP contribution in [0.1, 0.15) is 87.0 Å². The van der Waals surface area contributed by atoms with Gasteiger partial charge in [-0.25, -0.2) is 0 Å². The molecule has 0 atom stereocenters. The van der Waals surface area contributed by atoms with Gasteiger partial charge in [-0.1, -0.05) is 59.7 Å². The predicted molar refractivity (Wildman–Crippen MR) is 161 cm³/mol. The SMILES string of the molecule is CC#CCCNC1=CC(=O)c2ccc(C/C(C)=C/CC/C(C)=C/CNC3=CC(=O)c4ccccc4C3=O)cc2C1=O. The summed E-state index contributed by atoms with van der Waals surface area (Å²) < 4.78 is 0. The molecule has 0 saturated carbocycles. The summed E-state index contributed by atoms with van der Waals surface area (Å²) >= 11 is 0. The lowest BCUT2D eigenvalue weighted by Gasteiger charge is -2.17. The Hall–Kier alpha value is -4.76. The molecule has 0 spiro atoms. The molecule has 2 aliphatic rings. The molecule has 0 saturated heterocycles. The van der Waals surface area contributed by atoms with E-state index in [2.05, 4.69) is 35.5 Å². The highest BCUT2D eigenvalue weighted by Crippen LogP contribution is 2.23. The van der Waals surface area contributed by atoms with Crippen molar-refractivity contribution in [3.8, 4) is 11.8 Å². The molecule has 0 unspecified atom stereocenters. The minimum absolute atomic E-state index is 0.162. The number of nitrogens with one attached hydrogen (secondary N) is 2. The zero-order chi connectivity index (χ0) is 29.4. The van der Waals surface area contributed by atoms with Gasteiger partial charge >= 0.3 is 0 Å². The number of hydrogen-bond acceptors (Lipinski definition) is 6. The summed E-state index contributed by atoms with van der Waals surface area (Å²) in [5.41, 5.74) is 5.73. The van der Waals surface area contributed by atoms with Gasteiger partial charge in [-0.2, -0.15) is 0 Å². The van der Waals surface area contributed by atoms with Crippen molar-refractivity contribution in [3.05, 3.63) is 117 Å². The van der Waals surface area contributed by atoms with Gasteiger partial charge in [-0.15, -0.1) is 11.8 Å². The van der Waals surface area contributed by atoms with Crippen LogP contribution in [0.4, 0.5) is 0 Å². The molecule has 2 aromatic rings. The second-order valence-corrected chi connectivity index (χ2v) is 10.2. The Balaban J connectivity index is 1.28. The Morgan fingerprint density at radius 1 is 0.780 bits per heavy atom. The standard InChI is InChI=1S/C35H34N2O4/c1-4-5-8-17-36-31-22-33(39)27-15-14-25(20-29(27)35(31)41)19-24(3)11-9-10-23(2)16-18-37-30-21-32(38)26-12-6-7-13-28(26)34(30)40/h6-7,11-16,20-22,36-37H,8-10,17-19H2,1-3H3/b23-16+,24-11+. The van der Waals surface area contributed by atoms with Gasteiger partial charge in [0.1, 0.15) is 0 Å². The lowest BCUT2D eigenvalue weighted by Crippen LogP contribution is -2.27. The van der Waals surface area contributed by atoms with Crippen molar-refractivity contribution in [2.45, 2.75) is 46.5 Å². The number of fused-ring (bicyclic) bond motifs is 2. The molecule has 0 heterocycles. The fourth-order valence-corrected chi connectivity index (χ4v) is 4.86. The predicted octanol–water partition coefficient (Wildman–Crippen LogP) is 5.72. The van der Waals surface area contributed by atoms with E-state index in [4.69, 9.17) is 0 Å². The van der Waals surface area contributed by atoms with Crippen LogP contribution in [-0.2, 0) is 6.42 Å². The number of ketones is 4. The molecule has 4 rings (SSSR count). The van der Waals surface area contributed by atoms with Crippen molar-refractivity contribution in [1.82, 2.24) is 10.6 Å². The number of benzene rings is 2. The molecule has 0 radical (unpaired) electrons. The normalized spacial score (nSPS) is 14.9. The van der Waals surface area contributed by atoms with Crippen molar-refractivity contribution in [3.63, 3.8) is 0 Å². The van der Waals surface area contributed by atoms with E-state index in [0.717, 1.165) is 18.4 Å². The van der Waals surface area contributed by atoms with Gasteiger partial charge in [-0.3, -0.25) is 19.2 Å². The van der Waals surface area contributed by atoms with Crippen LogP contribution < -0.4 is 10.6 Å². The number of carbonyl (C=O) groups is 4. The maximum Gasteiger partial charge on any atom is 0.209 e. The van der Waals surface area contributed by atoms with Crippen molar-refractivity contribution >= 4 is 23.1 Å². The summed E-state index contributed by atoms with van der Waals surface area (Å²) in [5.74, 6) is 5.10. The van der Waals surface area contributed by atoms with Crippen molar-refractivity contribution < 1.29 is 19.2 Å². The molecule has 0 aliphatic heterocycles. The first-order valence-corrected chi connectivity index (χ1v) is 13.8. The quantitative estimate of drug-likeness (QED) is 0.213. The highest BCUT2D eigenvalue weighted by molar-refractivity contribution is 6.25. The molecule has 6 nitrogen and oxygen atoms in total. The van der Waals surface area contributed by atoms with Crippen LogP contribution in [0, 0.1) is 11.8 Å². The number of hydrogen-bond donors (Lipinski definition) is 2. The molecule has 0 aromatic heterocycles. The minimum atomic E-state index is -0.167. The van der Waals surface area contributed by atoms with Gasteiger partial charge in [0.15, 0.2) is 11.6 Å². The molecule has 2 N–H and O–H groups in total. The van der Waals surface area contributed by atoms with Gasteiger partial charge in [0.2, 0.25) is 11.6 Å².